The number of hydrogen-bond donors (Lipinski definition) is 0. The zero-order valence-electron chi connectivity index (χ0n) is 9.38. The van der Waals surface area contributed by atoms with Crippen molar-refractivity contribution in [2.24, 2.45) is 0 Å². The van der Waals surface area contributed by atoms with Crippen molar-refractivity contribution in [3.8, 4) is 10.6 Å². The molecule has 0 amide bonds. The van der Waals surface area contributed by atoms with Crippen LogP contribution in [0.1, 0.15) is 0 Å². The van der Waals surface area contributed by atoms with Crippen LogP contribution in [0.4, 0.5) is 0 Å². The van der Waals surface area contributed by atoms with E-state index in [0.717, 1.165) is 10.5 Å². The van der Waals surface area contributed by atoms with Crippen molar-refractivity contribution in [3.05, 3.63) is 48.5 Å². The third-order valence-corrected chi connectivity index (χ3v) is 4.41. The molecule has 0 atom stereocenters. The largest absolute Gasteiger partial charge is 0.236 e. The Bertz CT molecular complexity index is 644. The number of thioether (sulfide) groups is 1. The first kappa shape index (κ1) is 10.8. The Morgan fingerprint density at radius 2 is 1.88 bits per heavy atom. The standard InChI is InChI=1S/C14H11NS2/c1-16-11-7-8-12-13(9-11)17-14(15-12)10-5-3-2-4-6-10/h2-9H,1H3. The summed E-state index contributed by atoms with van der Waals surface area (Å²) in [6.45, 7) is 0. The first-order valence-corrected chi connectivity index (χ1v) is 7.41. The summed E-state index contributed by atoms with van der Waals surface area (Å²) in [5.74, 6) is 0. The number of hydrogen-bond acceptors (Lipinski definition) is 3. The van der Waals surface area contributed by atoms with E-state index < -0.39 is 0 Å². The van der Waals surface area contributed by atoms with Crippen LogP contribution in [0.5, 0.6) is 0 Å². The van der Waals surface area contributed by atoms with Gasteiger partial charge < -0.3 is 0 Å². The van der Waals surface area contributed by atoms with E-state index in [4.69, 9.17) is 0 Å². The average molecular weight is 257 g/mol. The molecule has 0 N–H and O–H groups in total. The minimum atomic E-state index is 1.09. The predicted octanol–water partition coefficient (Wildman–Crippen LogP) is 4.69. The number of rotatable bonds is 2. The number of aromatic nitrogens is 1. The molecule has 0 saturated heterocycles. The molecule has 1 nitrogen and oxygen atoms in total. The summed E-state index contributed by atoms with van der Waals surface area (Å²) in [5, 5.41) is 1.10. The zero-order valence-corrected chi connectivity index (χ0v) is 11.0. The van der Waals surface area contributed by atoms with E-state index in [2.05, 4.69) is 53.7 Å². The zero-order chi connectivity index (χ0) is 11.7. The maximum Gasteiger partial charge on any atom is 0.124 e. The molecule has 0 aliphatic rings. The smallest absolute Gasteiger partial charge is 0.124 e. The summed E-state index contributed by atoms with van der Waals surface area (Å²) in [5.41, 5.74) is 2.28. The van der Waals surface area contributed by atoms with Crippen LogP contribution in [0.2, 0.25) is 0 Å². The van der Waals surface area contributed by atoms with Gasteiger partial charge in [0, 0.05) is 10.5 Å². The Kier molecular flexibility index (Phi) is 2.87. The third-order valence-electron chi connectivity index (χ3n) is 2.62. The molecule has 0 bridgehead atoms. The Morgan fingerprint density at radius 1 is 1.06 bits per heavy atom. The van der Waals surface area contributed by atoms with Crippen LogP contribution in [-0.2, 0) is 0 Å². The molecule has 2 aromatic carbocycles. The highest BCUT2D eigenvalue weighted by molar-refractivity contribution is 7.98. The molecular formula is C14H11NS2. The predicted molar refractivity (Wildman–Crippen MR) is 76.8 cm³/mol. The van der Waals surface area contributed by atoms with Gasteiger partial charge in [-0.05, 0) is 24.5 Å². The molecule has 1 heterocycles. The number of nitrogens with zero attached hydrogens (tertiary/aromatic N) is 1. The fourth-order valence-electron chi connectivity index (χ4n) is 1.74. The molecule has 3 heteroatoms. The van der Waals surface area contributed by atoms with Gasteiger partial charge in [-0.1, -0.05) is 30.3 Å². The summed E-state index contributed by atoms with van der Waals surface area (Å²) in [4.78, 5) is 5.96. The van der Waals surface area contributed by atoms with Crippen molar-refractivity contribution in [1.29, 1.82) is 0 Å². The Morgan fingerprint density at radius 3 is 2.65 bits per heavy atom. The minimum absolute atomic E-state index is 1.09. The SMILES string of the molecule is CSc1ccc2nc(-c3ccccc3)sc2c1. The molecule has 0 unspecified atom stereocenters. The molecule has 3 aromatic rings. The van der Waals surface area contributed by atoms with Crippen molar-refractivity contribution in [3.63, 3.8) is 0 Å². The van der Waals surface area contributed by atoms with E-state index in [-0.39, 0.29) is 0 Å². The summed E-state index contributed by atoms with van der Waals surface area (Å²) in [6, 6.07) is 16.8. The number of benzene rings is 2. The number of fused-ring (bicyclic) bond motifs is 1. The van der Waals surface area contributed by atoms with Crippen LogP contribution < -0.4 is 0 Å². The second-order valence-corrected chi connectivity index (χ2v) is 5.63. The Labute approximate surface area is 109 Å². The van der Waals surface area contributed by atoms with Crippen LogP contribution in [0.3, 0.4) is 0 Å². The molecule has 0 fully saturated rings. The maximum absolute atomic E-state index is 4.67. The molecule has 0 aliphatic carbocycles. The summed E-state index contributed by atoms with van der Waals surface area (Å²) >= 11 is 3.52. The fraction of sp³-hybridized carbons (Fsp3) is 0.0714. The van der Waals surface area contributed by atoms with Crippen LogP contribution in [-0.4, -0.2) is 11.2 Å². The van der Waals surface area contributed by atoms with Gasteiger partial charge in [0.2, 0.25) is 0 Å². The lowest BCUT2D eigenvalue weighted by atomic mass is 10.2. The molecule has 0 aliphatic heterocycles. The highest BCUT2D eigenvalue weighted by atomic mass is 32.2. The van der Waals surface area contributed by atoms with Gasteiger partial charge in [-0.2, -0.15) is 0 Å². The number of thiazole rings is 1. The highest BCUT2D eigenvalue weighted by Crippen LogP contribution is 2.32. The van der Waals surface area contributed by atoms with E-state index in [1.54, 1.807) is 23.1 Å². The highest BCUT2D eigenvalue weighted by Gasteiger charge is 2.05. The normalized spacial score (nSPS) is 10.9. The van der Waals surface area contributed by atoms with Gasteiger partial charge in [-0.15, -0.1) is 23.1 Å². The minimum Gasteiger partial charge on any atom is -0.236 e. The third kappa shape index (κ3) is 2.08. The Hall–Kier alpha value is -1.32. The van der Waals surface area contributed by atoms with Crippen molar-refractivity contribution in [1.82, 2.24) is 4.98 Å². The van der Waals surface area contributed by atoms with Gasteiger partial charge in [0.15, 0.2) is 0 Å². The lowest BCUT2D eigenvalue weighted by Crippen LogP contribution is -1.73. The van der Waals surface area contributed by atoms with E-state index in [1.165, 1.54) is 15.2 Å². The first-order chi connectivity index (χ1) is 8.36. The Balaban J connectivity index is 2.14. The molecule has 0 saturated carbocycles. The topological polar surface area (TPSA) is 12.9 Å². The fourth-order valence-corrected chi connectivity index (χ4v) is 3.26. The summed E-state index contributed by atoms with van der Waals surface area (Å²) in [6.07, 6.45) is 2.10. The van der Waals surface area contributed by atoms with E-state index in [1.807, 2.05) is 6.07 Å². The van der Waals surface area contributed by atoms with Gasteiger partial charge in [0.25, 0.3) is 0 Å². The molecule has 3 rings (SSSR count). The van der Waals surface area contributed by atoms with Crippen molar-refractivity contribution < 1.29 is 0 Å². The quantitative estimate of drug-likeness (QED) is 0.618. The summed E-state index contributed by atoms with van der Waals surface area (Å²) < 4.78 is 1.26. The average Bonchev–Trinajstić information content (AvgIpc) is 2.82. The molecule has 1 aromatic heterocycles. The molecule has 0 spiro atoms. The molecular weight excluding hydrogens is 246 g/mol. The lowest BCUT2D eigenvalue weighted by molar-refractivity contribution is 1.45. The van der Waals surface area contributed by atoms with Crippen molar-refractivity contribution >= 4 is 33.3 Å². The van der Waals surface area contributed by atoms with Crippen molar-refractivity contribution in [2.45, 2.75) is 4.90 Å². The van der Waals surface area contributed by atoms with E-state index in [9.17, 15) is 0 Å². The second kappa shape index (κ2) is 4.51. The van der Waals surface area contributed by atoms with Crippen LogP contribution in [0.25, 0.3) is 20.8 Å². The summed E-state index contributed by atoms with van der Waals surface area (Å²) in [7, 11) is 0. The van der Waals surface area contributed by atoms with Gasteiger partial charge in [-0.3, -0.25) is 0 Å². The van der Waals surface area contributed by atoms with Gasteiger partial charge in [0.05, 0.1) is 10.2 Å². The van der Waals surface area contributed by atoms with Crippen LogP contribution >= 0.6 is 23.1 Å². The first-order valence-electron chi connectivity index (χ1n) is 5.37. The van der Waals surface area contributed by atoms with E-state index >= 15 is 0 Å². The van der Waals surface area contributed by atoms with Gasteiger partial charge >= 0.3 is 0 Å². The second-order valence-electron chi connectivity index (χ2n) is 3.72. The molecule has 17 heavy (non-hydrogen) atoms. The van der Waals surface area contributed by atoms with Crippen LogP contribution in [0.15, 0.2) is 53.4 Å². The lowest BCUT2D eigenvalue weighted by Gasteiger charge is -1.93. The van der Waals surface area contributed by atoms with E-state index in [0.29, 0.717) is 0 Å². The van der Waals surface area contributed by atoms with Crippen LogP contribution in [0, 0.1) is 0 Å². The maximum atomic E-state index is 4.67. The monoisotopic (exact) mass is 257 g/mol. The molecule has 84 valence electrons. The van der Waals surface area contributed by atoms with Crippen molar-refractivity contribution in [2.75, 3.05) is 6.26 Å². The van der Waals surface area contributed by atoms with Gasteiger partial charge in [0.1, 0.15) is 5.01 Å². The molecule has 0 radical (unpaired) electrons. The van der Waals surface area contributed by atoms with Gasteiger partial charge in [-0.25, -0.2) is 4.98 Å².